The van der Waals surface area contributed by atoms with Crippen LogP contribution < -0.4 is 0 Å². The van der Waals surface area contributed by atoms with Crippen molar-refractivity contribution in [1.82, 2.24) is 0 Å². The number of carbonyl (C=O) groups is 4. The smallest absolute Gasteiger partial charge is 0.335 e. The third-order valence-corrected chi connectivity index (χ3v) is 14.1. The van der Waals surface area contributed by atoms with Crippen molar-refractivity contribution < 1.29 is 58.2 Å². The van der Waals surface area contributed by atoms with Crippen LogP contribution in [0.3, 0.4) is 0 Å². The van der Waals surface area contributed by atoms with Crippen LogP contribution in [0, 0.1) is 0 Å². The monoisotopic (exact) mass is 1080 g/mol. The summed E-state index contributed by atoms with van der Waals surface area (Å²) in [6.07, 6.45) is 53.3. The van der Waals surface area contributed by atoms with E-state index in [0.717, 1.165) is 135 Å². The summed E-state index contributed by atoms with van der Waals surface area (Å²) in [5, 5.41) is 31.5. The first-order valence-electron chi connectivity index (χ1n) is 31.3. The van der Waals surface area contributed by atoms with Crippen LogP contribution in [-0.2, 0) is 42.9 Å². The Morgan fingerprint density at radius 3 is 1.30 bits per heavy atom. The Balaban J connectivity index is 2.66. The predicted molar refractivity (Wildman–Crippen MR) is 312 cm³/mol. The van der Waals surface area contributed by atoms with E-state index in [1.807, 2.05) is 0 Å². The van der Waals surface area contributed by atoms with Gasteiger partial charge in [-0.05, 0) is 77.0 Å². The van der Waals surface area contributed by atoms with E-state index in [1.54, 1.807) is 0 Å². The molecule has 0 amide bonds. The lowest BCUT2D eigenvalue weighted by Gasteiger charge is -2.40. The SMILES string of the molecule is CC/C=C\C/C=C\C/C=C\CCCCCCCCCC(=O)OCC(COC1OC(C(=O)O)C(O)C(O)C1OC(=O)CCCCCCCCCCCCCCCCCCC)OC(=O)CCCCCCC/C=C\C/C=C\CCC. The highest BCUT2D eigenvalue weighted by atomic mass is 16.7. The van der Waals surface area contributed by atoms with E-state index >= 15 is 0 Å². The largest absolute Gasteiger partial charge is 0.479 e. The number of carboxylic acid groups (broad SMARTS) is 1. The standard InChI is InChI=1S/C65H112O12/c1-4-7-10-13-16-19-22-25-27-29-31-34-36-39-42-45-48-51-57(66)73-54-56(75-58(67)52-49-46-43-40-37-33-24-21-18-15-12-9-6-3)55-74-65-63(61(70)60(69)62(77-65)64(71)72)76-59(68)53-50-47-44-41-38-35-32-30-28-26-23-20-17-14-11-8-5-2/h7,10,12,15-16,19,21,24-25,27,56,60-63,65,69-70H,4-6,8-9,11,13-14,17-18,20,22-23,26,28-55H2,1-3H3,(H,71,72)/b10-7-,15-12-,19-16-,24-21-,27-25-. The molecule has 0 spiro atoms. The number of allylic oxidation sites excluding steroid dienone is 10. The molecule has 6 unspecified atom stereocenters. The van der Waals surface area contributed by atoms with Crippen LogP contribution in [0.1, 0.15) is 278 Å². The molecular weight excluding hydrogens is 973 g/mol. The Morgan fingerprint density at radius 1 is 0.442 bits per heavy atom. The molecule has 0 aromatic heterocycles. The molecule has 0 aromatic rings. The van der Waals surface area contributed by atoms with E-state index in [-0.39, 0.29) is 25.9 Å². The van der Waals surface area contributed by atoms with Gasteiger partial charge in [0.15, 0.2) is 24.6 Å². The number of aliphatic hydroxyl groups excluding tert-OH is 2. The molecule has 12 nitrogen and oxygen atoms in total. The van der Waals surface area contributed by atoms with Gasteiger partial charge in [0, 0.05) is 19.3 Å². The molecule has 1 rings (SSSR count). The maximum Gasteiger partial charge on any atom is 0.335 e. The number of aliphatic carboxylic acids is 1. The summed E-state index contributed by atoms with van der Waals surface area (Å²) in [6.45, 7) is 5.83. The van der Waals surface area contributed by atoms with Crippen molar-refractivity contribution in [2.24, 2.45) is 0 Å². The molecular formula is C65H112O12. The fourth-order valence-electron chi connectivity index (χ4n) is 9.30. The number of esters is 3. The van der Waals surface area contributed by atoms with Gasteiger partial charge in [0.25, 0.3) is 0 Å². The highest BCUT2D eigenvalue weighted by Gasteiger charge is 2.50. The van der Waals surface area contributed by atoms with E-state index in [2.05, 4.69) is 81.5 Å². The van der Waals surface area contributed by atoms with Crippen LogP contribution in [0.15, 0.2) is 60.8 Å². The Kier molecular flexibility index (Phi) is 49.2. The summed E-state index contributed by atoms with van der Waals surface area (Å²) < 4.78 is 28.5. The van der Waals surface area contributed by atoms with Gasteiger partial charge in [0.1, 0.15) is 18.8 Å². The number of unbranched alkanes of at least 4 members (excludes halogenated alkanes) is 29. The van der Waals surface area contributed by atoms with Gasteiger partial charge in [-0.15, -0.1) is 0 Å². The second-order valence-corrected chi connectivity index (χ2v) is 21.3. The minimum Gasteiger partial charge on any atom is -0.479 e. The molecule has 6 atom stereocenters. The zero-order valence-corrected chi connectivity index (χ0v) is 49.0. The van der Waals surface area contributed by atoms with Gasteiger partial charge >= 0.3 is 23.9 Å². The quantitative estimate of drug-likeness (QED) is 0.0228. The average molecular weight is 1090 g/mol. The van der Waals surface area contributed by atoms with Gasteiger partial charge in [-0.1, -0.05) is 242 Å². The average Bonchev–Trinajstić information content (AvgIpc) is 3.42. The molecule has 444 valence electrons. The van der Waals surface area contributed by atoms with Crippen molar-refractivity contribution in [2.45, 2.75) is 314 Å². The van der Waals surface area contributed by atoms with E-state index in [0.29, 0.717) is 19.3 Å². The topological polar surface area (TPSA) is 175 Å². The molecule has 1 saturated heterocycles. The van der Waals surface area contributed by atoms with Gasteiger partial charge < -0.3 is 39.0 Å². The number of ether oxygens (including phenoxy) is 5. The Labute approximate surface area is 468 Å². The minimum atomic E-state index is -1.91. The molecule has 1 aliphatic rings. The summed E-state index contributed by atoms with van der Waals surface area (Å²) in [5.74, 6) is -3.13. The highest BCUT2D eigenvalue weighted by molar-refractivity contribution is 5.74. The van der Waals surface area contributed by atoms with Crippen molar-refractivity contribution in [3.63, 3.8) is 0 Å². The summed E-state index contributed by atoms with van der Waals surface area (Å²) in [4.78, 5) is 51.2. The summed E-state index contributed by atoms with van der Waals surface area (Å²) >= 11 is 0. The molecule has 0 aromatic carbocycles. The fourth-order valence-corrected chi connectivity index (χ4v) is 9.30. The van der Waals surface area contributed by atoms with Gasteiger partial charge in [-0.25, -0.2) is 4.79 Å². The maximum atomic E-state index is 13.1. The number of hydrogen-bond donors (Lipinski definition) is 3. The van der Waals surface area contributed by atoms with Crippen LogP contribution in [0.4, 0.5) is 0 Å². The Bertz CT molecular complexity index is 1570. The number of carbonyl (C=O) groups excluding carboxylic acids is 3. The molecule has 0 bridgehead atoms. The van der Waals surface area contributed by atoms with E-state index in [4.69, 9.17) is 23.7 Å². The van der Waals surface area contributed by atoms with Crippen LogP contribution in [0.5, 0.6) is 0 Å². The highest BCUT2D eigenvalue weighted by Crippen LogP contribution is 2.27. The van der Waals surface area contributed by atoms with Crippen molar-refractivity contribution in [3.05, 3.63) is 60.8 Å². The van der Waals surface area contributed by atoms with E-state index in [9.17, 15) is 34.5 Å². The summed E-state index contributed by atoms with van der Waals surface area (Å²) in [7, 11) is 0. The Hall–Kier alpha value is -3.58. The lowest BCUT2D eigenvalue weighted by atomic mass is 9.98. The molecule has 3 N–H and O–H groups in total. The van der Waals surface area contributed by atoms with Gasteiger partial charge in [-0.2, -0.15) is 0 Å². The molecule has 1 heterocycles. The molecule has 77 heavy (non-hydrogen) atoms. The number of aliphatic hydroxyl groups is 2. The van der Waals surface area contributed by atoms with Gasteiger partial charge in [0.05, 0.1) is 6.61 Å². The predicted octanol–water partition coefficient (Wildman–Crippen LogP) is 16.3. The third kappa shape index (κ3) is 43.0. The first-order chi connectivity index (χ1) is 37.6. The van der Waals surface area contributed by atoms with Crippen molar-refractivity contribution in [3.8, 4) is 0 Å². The van der Waals surface area contributed by atoms with Crippen LogP contribution in [-0.4, -0.2) is 89.2 Å². The first-order valence-corrected chi connectivity index (χ1v) is 31.3. The van der Waals surface area contributed by atoms with E-state index < -0.39 is 67.3 Å². The first kappa shape index (κ1) is 71.4. The molecule has 0 saturated carbocycles. The van der Waals surface area contributed by atoms with Crippen molar-refractivity contribution in [2.75, 3.05) is 13.2 Å². The molecule has 0 aliphatic carbocycles. The second-order valence-electron chi connectivity index (χ2n) is 21.3. The molecule has 0 radical (unpaired) electrons. The van der Waals surface area contributed by atoms with Crippen LogP contribution >= 0.6 is 0 Å². The normalized spacial score (nSPS) is 18.4. The second kappa shape index (κ2) is 53.1. The van der Waals surface area contributed by atoms with Gasteiger partial charge in [-0.3, -0.25) is 14.4 Å². The summed E-state index contributed by atoms with van der Waals surface area (Å²) in [5.41, 5.74) is 0. The molecule has 1 fully saturated rings. The van der Waals surface area contributed by atoms with Gasteiger partial charge in [0.2, 0.25) is 0 Å². The zero-order valence-electron chi connectivity index (χ0n) is 49.0. The van der Waals surface area contributed by atoms with Crippen LogP contribution in [0.2, 0.25) is 0 Å². The Morgan fingerprint density at radius 2 is 0.844 bits per heavy atom. The zero-order chi connectivity index (χ0) is 56.1. The lowest BCUT2D eigenvalue weighted by molar-refractivity contribution is -0.301. The minimum absolute atomic E-state index is 0.0610. The molecule has 12 heteroatoms. The molecule has 1 aliphatic heterocycles. The van der Waals surface area contributed by atoms with Crippen LogP contribution in [0.25, 0.3) is 0 Å². The van der Waals surface area contributed by atoms with Crippen molar-refractivity contribution >= 4 is 23.9 Å². The third-order valence-electron chi connectivity index (χ3n) is 14.1. The maximum absolute atomic E-state index is 13.1. The van der Waals surface area contributed by atoms with E-state index in [1.165, 1.54) is 83.5 Å². The summed E-state index contributed by atoms with van der Waals surface area (Å²) in [6, 6.07) is 0. The fraction of sp³-hybridized carbons (Fsp3) is 0.785. The lowest BCUT2D eigenvalue weighted by Crippen LogP contribution is -2.61. The number of rotatable bonds is 53. The van der Waals surface area contributed by atoms with Crippen molar-refractivity contribution in [1.29, 1.82) is 0 Å². The number of carboxylic acids is 1. The number of hydrogen-bond acceptors (Lipinski definition) is 11.